The number of anilines is 2. The Bertz CT molecular complexity index is 1130. The van der Waals surface area contributed by atoms with Gasteiger partial charge in [-0.05, 0) is 44.4 Å². The van der Waals surface area contributed by atoms with E-state index < -0.39 is 0 Å². The van der Waals surface area contributed by atoms with E-state index in [4.69, 9.17) is 14.5 Å². The molecule has 2 fully saturated rings. The Morgan fingerprint density at radius 2 is 1.88 bits per heavy atom. The van der Waals surface area contributed by atoms with Crippen LogP contribution in [0.25, 0.3) is 11.2 Å². The number of ether oxygens (including phenoxy) is 2. The predicted molar refractivity (Wildman–Crippen MR) is 122 cm³/mol. The van der Waals surface area contributed by atoms with E-state index in [0.717, 1.165) is 67.2 Å². The number of hydrogen-bond acceptors (Lipinski definition) is 8. The van der Waals surface area contributed by atoms with E-state index in [-0.39, 0.29) is 6.04 Å². The zero-order chi connectivity index (χ0) is 21.7. The van der Waals surface area contributed by atoms with Crippen LogP contribution in [0.4, 0.5) is 11.8 Å². The second-order valence-electron chi connectivity index (χ2n) is 9.14. The molecule has 0 bridgehead atoms. The van der Waals surface area contributed by atoms with Crippen molar-refractivity contribution in [3.63, 3.8) is 0 Å². The second kappa shape index (κ2) is 7.81. The van der Waals surface area contributed by atoms with Crippen molar-refractivity contribution >= 4 is 22.9 Å². The largest absolute Gasteiger partial charge is 0.454 e. The van der Waals surface area contributed by atoms with Gasteiger partial charge in [0.15, 0.2) is 28.5 Å². The maximum absolute atomic E-state index is 5.53. The number of benzene rings is 1. The minimum absolute atomic E-state index is 0.269. The van der Waals surface area contributed by atoms with E-state index >= 15 is 0 Å². The van der Waals surface area contributed by atoms with Crippen molar-refractivity contribution in [2.45, 2.75) is 45.3 Å². The molecule has 0 amide bonds. The van der Waals surface area contributed by atoms with Gasteiger partial charge in [-0.15, -0.1) is 0 Å². The molecular weight excluding hydrogens is 406 g/mol. The molecule has 1 saturated heterocycles. The number of nitrogens with zero attached hydrogens (tertiary/aromatic N) is 6. The molecule has 1 N–H and O–H groups in total. The molecule has 9 nitrogen and oxygen atoms in total. The lowest BCUT2D eigenvalue weighted by molar-refractivity contribution is 0.174. The quantitative estimate of drug-likeness (QED) is 0.633. The van der Waals surface area contributed by atoms with Gasteiger partial charge in [-0.25, -0.2) is 15.0 Å². The fraction of sp³-hybridized carbons (Fsp3) is 0.522. The van der Waals surface area contributed by atoms with Crippen molar-refractivity contribution in [1.82, 2.24) is 24.4 Å². The van der Waals surface area contributed by atoms with Crippen molar-refractivity contribution < 1.29 is 9.47 Å². The van der Waals surface area contributed by atoms with Crippen LogP contribution in [0.3, 0.4) is 0 Å². The van der Waals surface area contributed by atoms with Crippen molar-refractivity contribution in [2.24, 2.45) is 0 Å². The van der Waals surface area contributed by atoms with Crippen LogP contribution in [-0.4, -0.2) is 63.4 Å². The monoisotopic (exact) mass is 435 g/mol. The minimum atomic E-state index is 0.269. The third-order valence-corrected chi connectivity index (χ3v) is 6.39. The van der Waals surface area contributed by atoms with E-state index in [1.54, 1.807) is 6.33 Å². The predicted octanol–water partition coefficient (Wildman–Crippen LogP) is 3.03. The number of aromatic nitrogens is 4. The Morgan fingerprint density at radius 3 is 2.66 bits per heavy atom. The van der Waals surface area contributed by atoms with Gasteiger partial charge >= 0.3 is 0 Å². The van der Waals surface area contributed by atoms with Gasteiger partial charge in [0.2, 0.25) is 12.7 Å². The Morgan fingerprint density at radius 1 is 1.06 bits per heavy atom. The lowest BCUT2D eigenvalue weighted by Gasteiger charge is -2.35. The van der Waals surface area contributed by atoms with E-state index in [9.17, 15) is 0 Å². The number of imidazole rings is 1. The highest BCUT2D eigenvalue weighted by molar-refractivity contribution is 5.85. The van der Waals surface area contributed by atoms with Gasteiger partial charge in [-0.1, -0.05) is 6.07 Å². The Labute approximate surface area is 187 Å². The van der Waals surface area contributed by atoms with Gasteiger partial charge in [-0.3, -0.25) is 9.47 Å². The molecule has 9 heteroatoms. The number of hydrogen-bond donors (Lipinski definition) is 1. The molecule has 0 spiro atoms. The van der Waals surface area contributed by atoms with Crippen LogP contribution in [0, 0.1) is 0 Å². The lowest BCUT2D eigenvalue weighted by atomic mass is 10.1. The fourth-order valence-electron chi connectivity index (χ4n) is 4.53. The molecule has 3 aliphatic rings. The maximum atomic E-state index is 5.53. The molecule has 1 saturated carbocycles. The second-order valence-corrected chi connectivity index (χ2v) is 9.14. The smallest absolute Gasteiger partial charge is 0.231 e. The van der Waals surface area contributed by atoms with E-state index in [1.165, 1.54) is 18.4 Å². The maximum Gasteiger partial charge on any atom is 0.231 e. The summed E-state index contributed by atoms with van der Waals surface area (Å²) in [7, 11) is 0. The van der Waals surface area contributed by atoms with Gasteiger partial charge in [0, 0.05) is 44.8 Å². The molecule has 0 unspecified atom stereocenters. The summed E-state index contributed by atoms with van der Waals surface area (Å²) in [6.07, 6.45) is 4.06. The molecule has 0 radical (unpaired) electrons. The molecule has 1 aromatic carbocycles. The highest BCUT2D eigenvalue weighted by Crippen LogP contribution is 2.34. The van der Waals surface area contributed by atoms with Crippen LogP contribution in [0.2, 0.25) is 0 Å². The molecule has 168 valence electrons. The normalized spacial score (nSPS) is 18.7. The average Bonchev–Trinajstić information content (AvgIpc) is 3.32. The highest BCUT2D eigenvalue weighted by atomic mass is 16.7. The minimum Gasteiger partial charge on any atom is -0.454 e. The first-order valence-corrected chi connectivity index (χ1v) is 11.5. The molecule has 32 heavy (non-hydrogen) atoms. The molecule has 6 rings (SSSR count). The van der Waals surface area contributed by atoms with E-state index in [2.05, 4.69) is 55.6 Å². The van der Waals surface area contributed by atoms with Crippen LogP contribution in [0.15, 0.2) is 24.5 Å². The van der Waals surface area contributed by atoms with Crippen molar-refractivity contribution in [1.29, 1.82) is 0 Å². The van der Waals surface area contributed by atoms with Crippen LogP contribution in [-0.2, 0) is 6.54 Å². The molecule has 4 heterocycles. The molecular formula is C23H29N7O2. The average molecular weight is 436 g/mol. The van der Waals surface area contributed by atoms with Crippen molar-refractivity contribution in [2.75, 3.05) is 43.2 Å². The summed E-state index contributed by atoms with van der Waals surface area (Å²) in [6.45, 7) is 9.43. The van der Waals surface area contributed by atoms with E-state index in [1.807, 2.05) is 6.07 Å². The van der Waals surface area contributed by atoms with Gasteiger partial charge in [-0.2, -0.15) is 0 Å². The number of fused-ring (bicyclic) bond motifs is 2. The summed E-state index contributed by atoms with van der Waals surface area (Å²) in [6, 6.07) is 7.03. The SMILES string of the molecule is CC(C)n1c(N2CCN(Cc3ccc4c(c3)OCO4)CC2)nc2c(NC3CC3)ncnc21. The molecule has 3 aromatic rings. The van der Waals surface area contributed by atoms with Gasteiger partial charge in [0.1, 0.15) is 6.33 Å². The van der Waals surface area contributed by atoms with Gasteiger partial charge < -0.3 is 19.7 Å². The van der Waals surface area contributed by atoms with Crippen LogP contribution in [0.5, 0.6) is 11.5 Å². The van der Waals surface area contributed by atoms with Gasteiger partial charge in [0.25, 0.3) is 0 Å². The summed E-state index contributed by atoms with van der Waals surface area (Å²) >= 11 is 0. The fourth-order valence-corrected chi connectivity index (χ4v) is 4.53. The number of piperazine rings is 1. The Balaban J connectivity index is 1.20. The first kappa shape index (κ1) is 19.6. The van der Waals surface area contributed by atoms with Gasteiger partial charge in [0.05, 0.1) is 0 Å². The molecule has 2 aromatic heterocycles. The third-order valence-electron chi connectivity index (χ3n) is 6.39. The summed E-state index contributed by atoms with van der Waals surface area (Å²) < 4.78 is 13.2. The van der Waals surface area contributed by atoms with Crippen molar-refractivity contribution in [3.8, 4) is 11.5 Å². The summed E-state index contributed by atoms with van der Waals surface area (Å²) in [5, 5.41) is 3.52. The summed E-state index contributed by atoms with van der Waals surface area (Å²) in [5.74, 6) is 3.55. The zero-order valence-electron chi connectivity index (χ0n) is 18.6. The topological polar surface area (TPSA) is 80.6 Å². The van der Waals surface area contributed by atoms with Crippen LogP contribution in [0.1, 0.15) is 38.3 Å². The third kappa shape index (κ3) is 3.60. The molecule has 0 atom stereocenters. The number of rotatable bonds is 6. The lowest BCUT2D eigenvalue weighted by Crippen LogP contribution is -2.47. The van der Waals surface area contributed by atoms with E-state index in [0.29, 0.717) is 12.8 Å². The Hall–Kier alpha value is -3.07. The van der Waals surface area contributed by atoms with Crippen LogP contribution >= 0.6 is 0 Å². The van der Waals surface area contributed by atoms with Crippen molar-refractivity contribution in [3.05, 3.63) is 30.1 Å². The molecule has 1 aliphatic carbocycles. The first-order chi connectivity index (χ1) is 15.7. The summed E-state index contributed by atoms with van der Waals surface area (Å²) in [4.78, 5) is 19.0. The standard InChI is InChI=1S/C23H29N7O2/c1-15(2)30-22-20(21(24-13-25-22)26-17-4-5-17)27-23(30)29-9-7-28(8-10-29)12-16-3-6-18-19(11-16)32-14-31-18/h3,6,11,13,15,17H,4-5,7-10,12,14H2,1-2H3,(H,24,25,26). The first-order valence-electron chi connectivity index (χ1n) is 11.5. The highest BCUT2D eigenvalue weighted by Gasteiger charge is 2.28. The Kier molecular flexibility index (Phi) is 4.78. The summed E-state index contributed by atoms with van der Waals surface area (Å²) in [5.41, 5.74) is 3.05. The molecule has 2 aliphatic heterocycles. The zero-order valence-corrected chi connectivity index (χ0v) is 18.6. The number of nitrogens with one attached hydrogen (secondary N) is 1. The van der Waals surface area contributed by atoms with Crippen LogP contribution < -0.4 is 19.7 Å².